The number of nitrogens with one attached hydrogen (secondary N) is 2. The SMILES string of the molecule is NC(=O)c1cccc(Nc2nnc(C(=O)Nc3ccc(C4CCC(CC(=O)O)CC4)cc3)o2)c1. The number of amides is 2. The van der Waals surface area contributed by atoms with E-state index in [4.69, 9.17) is 15.3 Å². The Hall–Kier alpha value is -4.21. The Balaban J connectivity index is 1.32. The summed E-state index contributed by atoms with van der Waals surface area (Å²) in [6.07, 6.45) is 3.99. The minimum Gasteiger partial charge on any atom is -0.481 e. The normalized spacial score (nSPS) is 17.6. The molecule has 0 radical (unpaired) electrons. The third-order valence-electron chi connectivity index (χ3n) is 5.97. The lowest BCUT2D eigenvalue weighted by molar-refractivity contribution is -0.138. The van der Waals surface area contributed by atoms with Crippen molar-refractivity contribution in [1.82, 2.24) is 10.2 Å². The first-order valence-corrected chi connectivity index (χ1v) is 11.0. The minimum absolute atomic E-state index is 0.000573. The smallest absolute Gasteiger partial charge is 0.320 e. The predicted molar refractivity (Wildman–Crippen MR) is 124 cm³/mol. The van der Waals surface area contributed by atoms with Gasteiger partial charge in [-0.15, -0.1) is 5.10 Å². The first kappa shape index (κ1) is 23.0. The molecule has 0 atom stereocenters. The molecule has 3 aromatic rings. The van der Waals surface area contributed by atoms with Gasteiger partial charge in [0.15, 0.2) is 0 Å². The van der Waals surface area contributed by atoms with Crippen LogP contribution in [0.3, 0.4) is 0 Å². The number of nitrogens with two attached hydrogens (primary N) is 1. The highest BCUT2D eigenvalue weighted by Crippen LogP contribution is 2.37. The molecule has 0 unspecified atom stereocenters. The summed E-state index contributed by atoms with van der Waals surface area (Å²) in [6.45, 7) is 0. The fourth-order valence-corrected chi connectivity index (χ4v) is 4.21. The molecule has 1 aliphatic rings. The Bertz CT molecular complexity index is 1180. The van der Waals surface area contributed by atoms with Gasteiger partial charge in [-0.2, -0.15) is 0 Å². The highest BCUT2D eigenvalue weighted by molar-refractivity contribution is 6.01. The molecular weight excluding hydrogens is 438 g/mol. The third kappa shape index (κ3) is 5.77. The molecule has 176 valence electrons. The van der Waals surface area contributed by atoms with Crippen molar-refractivity contribution >= 4 is 35.2 Å². The zero-order valence-corrected chi connectivity index (χ0v) is 18.4. The minimum atomic E-state index is -0.731. The fourth-order valence-electron chi connectivity index (χ4n) is 4.21. The van der Waals surface area contributed by atoms with E-state index in [1.165, 1.54) is 11.6 Å². The molecule has 0 spiro atoms. The van der Waals surface area contributed by atoms with Crippen LogP contribution in [-0.4, -0.2) is 33.1 Å². The van der Waals surface area contributed by atoms with Gasteiger partial charge in [0.1, 0.15) is 0 Å². The lowest BCUT2D eigenvalue weighted by atomic mass is 9.77. The molecule has 2 amide bonds. The average molecular weight is 463 g/mol. The quantitative estimate of drug-likeness (QED) is 0.391. The first-order valence-electron chi connectivity index (χ1n) is 11.0. The molecule has 34 heavy (non-hydrogen) atoms. The summed E-state index contributed by atoms with van der Waals surface area (Å²) in [6, 6.07) is 14.1. The second-order valence-electron chi connectivity index (χ2n) is 8.37. The van der Waals surface area contributed by atoms with Crippen LogP contribution in [-0.2, 0) is 4.79 Å². The monoisotopic (exact) mass is 463 g/mol. The van der Waals surface area contributed by atoms with Crippen molar-refractivity contribution < 1.29 is 23.9 Å². The Morgan fingerprint density at radius 3 is 2.41 bits per heavy atom. The van der Waals surface area contributed by atoms with Crippen LogP contribution in [0, 0.1) is 5.92 Å². The summed E-state index contributed by atoms with van der Waals surface area (Å²) in [7, 11) is 0. The van der Waals surface area contributed by atoms with E-state index < -0.39 is 17.8 Å². The van der Waals surface area contributed by atoms with Crippen molar-refractivity contribution in [1.29, 1.82) is 0 Å². The standard InChI is InChI=1S/C24H25N5O5/c25-21(32)17-2-1-3-19(13-17)27-24-29-28-23(34-24)22(33)26-18-10-8-16(9-11-18)15-6-4-14(5-7-15)12-20(30)31/h1-3,8-11,13-15H,4-7,12H2,(H2,25,32)(H,26,33)(H,27,29)(H,30,31). The number of carboxylic acid groups (broad SMARTS) is 1. The molecule has 2 aromatic carbocycles. The molecule has 1 fully saturated rings. The first-order chi connectivity index (χ1) is 16.4. The fraction of sp³-hybridized carbons (Fsp3) is 0.292. The maximum absolute atomic E-state index is 12.5. The van der Waals surface area contributed by atoms with Crippen LogP contribution in [0.4, 0.5) is 17.4 Å². The van der Waals surface area contributed by atoms with E-state index in [2.05, 4.69) is 20.8 Å². The number of benzene rings is 2. The van der Waals surface area contributed by atoms with Crippen molar-refractivity contribution in [2.75, 3.05) is 10.6 Å². The van der Waals surface area contributed by atoms with Gasteiger partial charge in [0, 0.05) is 23.4 Å². The number of hydrogen-bond donors (Lipinski definition) is 4. The van der Waals surface area contributed by atoms with E-state index in [0.29, 0.717) is 22.9 Å². The van der Waals surface area contributed by atoms with E-state index in [1.54, 1.807) is 18.2 Å². The topological polar surface area (TPSA) is 160 Å². The number of hydrogen-bond acceptors (Lipinski definition) is 7. The number of anilines is 3. The lowest BCUT2D eigenvalue weighted by Gasteiger charge is -2.28. The molecule has 1 aliphatic carbocycles. The van der Waals surface area contributed by atoms with Gasteiger partial charge in [0.05, 0.1) is 0 Å². The van der Waals surface area contributed by atoms with Crippen molar-refractivity contribution in [3.63, 3.8) is 0 Å². The van der Waals surface area contributed by atoms with Crippen LogP contribution in [0.2, 0.25) is 0 Å². The van der Waals surface area contributed by atoms with Gasteiger partial charge in [0.25, 0.3) is 0 Å². The van der Waals surface area contributed by atoms with Gasteiger partial charge < -0.3 is 25.9 Å². The summed E-state index contributed by atoms with van der Waals surface area (Å²) < 4.78 is 5.37. The van der Waals surface area contributed by atoms with E-state index >= 15 is 0 Å². The number of aliphatic carboxylic acids is 1. The van der Waals surface area contributed by atoms with Gasteiger partial charge in [-0.1, -0.05) is 23.3 Å². The Morgan fingerprint density at radius 1 is 1.00 bits per heavy atom. The van der Waals surface area contributed by atoms with Crippen LogP contribution in [0.15, 0.2) is 52.9 Å². The summed E-state index contributed by atoms with van der Waals surface area (Å²) in [4.78, 5) is 34.7. The molecule has 1 heterocycles. The Kier molecular flexibility index (Phi) is 6.86. The highest BCUT2D eigenvalue weighted by atomic mass is 16.4. The number of nitrogens with zero attached hydrogens (tertiary/aromatic N) is 2. The molecule has 4 rings (SSSR count). The maximum atomic E-state index is 12.5. The second-order valence-corrected chi connectivity index (χ2v) is 8.37. The van der Waals surface area contributed by atoms with E-state index in [1.807, 2.05) is 24.3 Å². The Morgan fingerprint density at radius 2 is 1.74 bits per heavy atom. The van der Waals surface area contributed by atoms with Gasteiger partial charge in [-0.3, -0.25) is 14.4 Å². The molecule has 1 saturated carbocycles. The van der Waals surface area contributed by atoms with Crippen molar-refractivity contribution in [2.24, 2.45) is 11.7 Å². The summed E-state index contributed by atoms with van der Waals surface area (Å²) in [5, 5.41) is 22.1. The molecule has 5 N–H and O–H groups in total. The van der Waals surface area contributed by atoms with Crippen LogP contribution in [0.25, 0.3) is 0 Å². The van der Waals surface area contributed by atoms with Crippen molar-refractivity contribution in [3.8, 4) is 0 Å². The number of primary amides is 1. The van der Waals surface area contributed by atoms with Gasteiger partial charge in [0.2, 0.25) is 5.91 Å². The zero-order chi connectivity index (χ0) is 24.1. The summed E-state index contributed by atoms with van der Waals surface area (Å²) in [5.41, 5.74) is 7.88. The zero-order valence-electron chi connectivity index (χ0n) is 18.4. The van der Waals surface area contributed by atoms with Crippen LogP contribution >= 0.6 is 0 Å². The van der Waals surface area contributed by atoms with Crippen molar-refractivity contribution in [3.05, 3.63) is 65.5 Å². The predicted octanol–water partition coefficient (Wildman–Crippen LogP) is 3.91. The van der Waals surface area contributed by atoms with Crippen LogP contribution < -0.4 is 16.4 Å². The number of carbonyl (C=O) groups excluding carboxylic acids is 2. The number of rotatable bonds is 8. The van der Waals surface area contributed by atoms with Gasteiger partial charge >= 0.3 is 23.8 Å². The second kappa shape index (κ2) is 10.2. The van der Waals surface area contributed by atoms with Gasteiger partial charge in [-0.25, -0.2) is 0 Å². The molecule has 10 heteroatoms. The number of carbonyl (C=O) groups is 3. The molecular formula is C24H25N5O5. The van der Waals surface area contributed by atoms with E-state index in [0.717, 1.165) is 25.7 Å². The molecule has 10 nitrogen and oxygen atoms in total. The summed E-state index contributed by atoms with van der Waals surface area (Å²) >= 11 is 0. The van der Waals surface area contributed by atoms with Crippen LogP contribution in [0.5, 0.6) is 0 Å². The lowest BCUT2D eigenvalue weighted by Crippen LogP contribution is -2.16. The van der Waals surface area contributed by atoms with E-state index in [9.17, 15) is 14.4 Å². The average Bonchev–Trinajstić information content (AvgIpc) is 3.28. The third-order valence-corrected chi connectivity index (χ3v) is 5.97. The van der Waals surface area contributed by atoms with Gasteiger partial charge in [-0.05, 0) is 73.4 Å². The molecule has 0 saturated heterocycles. The Labute approximate surface area is 195 Å². The molecule has 0 aliphatic heterocycles. The van der Waals surface area contributed by atoms with E-state index in [-0.39, 0.29) is 24.2 Å². The molecule has 1 aromatic heterocycles. The maximum Gasteiger partial charge on any atom is 0.320 e. The highest BCUT2D eigenvalue weighted by Gasteiger charge is 2.24. The largest absolute Gasteiger partial charge is 0.481 e. The van der Waals surface area contributed by atoms with Crippen LogP contribution in [0.1, 0.15) is 64.6 Å². The molecule has 0 bridgehead atoms. The van der Waals surface area contributed by atoms with Crippen molar-refractivity contribution in [2.45, 2.75) is 38.0 Å². The number of carboxylic acids is 1. The summed E-state index contributed by atoms with van der Waals surface area (Å²) in [5.74, 6) is -1.40. The number of aromatic nitrogens is 2.